The van der Waals surface area contributed by atoms with Gasteiger partial charge >= 0.3 is 0 Å². The Kier molecular flexibility index (Phi) is 4.75. The van der Waals surface area contributed by atoms with E-state index in [0.29, 0.717) is 23.9 Å². The number of nitrogens with zero attached hydrogens (tertiary/aromatic N) is 1. The van der Waals surface area contributed by atoms with Crippen LogP contribution in [0, 0.1) is 12.8 Å². The number of rotatable bonds is 3. The van der Waals surface area contributed by atoms with Crippen molar-refractivity contribution in [3.8, 4) is 0 Å². The highest BCUT2D eigenvalue weighted by Gasteiger charge is 2.38. The Morgan fingerprint density at radius 2 is 1.76 bits per heavy atom. The van der Waals surface area contributed by atoms with Gasteiger partial charge in [-0.15, -0.1) is 0 Å². The molecule has 2 aromatic rings. The Labute approximate surface area is 173 Å². The molecule has 2 heterocycles. The zero-order valence-corrected chi connectivity index (χ0v) is 17.7. The van der Waals surface area contributed by atoms with E-state index in [1.54, 1.807) is 10.4 Å². The van der Waals surface area contributed by atoms with Gasteiger partial charge in [-0.25, -0.2) is 8.42 Å². The van der Waals surface area contributed by atoms with Gasteiger partial charge in [-0.3, -0.25) is 0 Å². The lowest BCUT2D eigenvalue weighted by Gasteiger charge is -2.38. The van der Waals surface area contributed by atoms with Crippen molar-refractivity contribution < 1.29 is 8.42 Å². The lowest BCUT2D eigenvalue weighted by Crippen LogP contribution is -2.36. The molecule has 1 saturated heterocycles. The van der Waals surface area contributed by atoms with E-state index in [4.69, 9.17) is 0 Å². The van der Waals surface area contributed by atoms with Gasteiger partial charge in [0.1, 0.15) is 0 Å². The summed E-state index contributed by atoms with van der Waals surface area (Å²) in [5.41, 5.74) is 4.73. The first-order valence-electron chi connectivity index (χ1n) is 10.7. The van der Waals surface area contributed by atoms with Crippen LogP contribution in [-0.2, 0) is 10.0 Å². The van der Waals surface area contributed by atoms with Crippen LogP contribution in [0.25, 0.3) is 0 Å². The van der Waals surface area contributed by atoms with E-state index in [0.717, 1.165) is 36.9 Å². The van der Waals surface area contributed by atoms with E-state index in [1.165, 1.54) is 11.1 Å². The lowest BCUT2D eigenvalue weighted by atomic mass is 9.77. The molecule has 3 unspecified atom stereocenters. The molecule has 1 N–H and O–H groups in total. The summed E-state index contributed by atoms with van der Waals surface area (Å²) >= 11 is 0. The summed E-state index contributed by atoms with van der Waals surface area (Å²) in [6, 6.07) is 14.7. The van der Waals surface area contributed by atoms with Crippen molar-refractivity contribution >= 4 is 15.7 Å². The normalized spacial score (nSPS) is 26.6. The summed E-state index contributed by atoms with van der Waals surface area (Å²) in [7, 11) is -3.41. The number of hydrogen-bond acceptors (Lipinski definition) is 3. The SMILES string of the molecule is Cc1ccc(C2Nc3ccc(S(=O)(=O)N4CCCCC4)cc3C3C=CCC32)cc1. The smallest absolute Gasteiger partial charge is 0.243 e. The molecule has 4 nitrogen and oxygen atoms in total. The summed E-state index contributed by atoms with van der Waals surface area (Å²) in [6.07, 6.45) is 8.56. The Hall–Kier alpha value is -2.11. The molecular weight excluding hydrogens is 380 g/mol. The van der Waals surface area contributed by atoms with Crippen molar-refractivity contribution in [1.82, 2.24) is 4.31 Å². The first-order chi connectivity index (χ1) is 14.0. The number of allylic oxidation sites excluding steroid dienone is 2. The highest BCUT2D eigenvalue weighted by atomic mass is 32.2. The zero-order valence-electron chi connectivity index (χ0n) is 16.8. The van der Waals surface area contributed by atoms with E-state index < -0.39 is 10.0 Å². The van der Waals surface area contributed by atoms with Crippen molar-refractivity contribution in [2.75, 3.05) is 18.4 Å². The first kappa shape index (κ1) is 18.9. The number of piperidine rings is 1. The molecule has 3 aliphatic rings. The molecule has 0 bridgehead atoms. The first-order valence-corrected chi connectivity index (χ1v) is 12.1. The third-order valence-electron chi connectivity index (χ3n) is 6.72. The monoisotopic (exact) mass is 408 g/mol. The predicted molar refractivity (Wildman–Crippen MR) is 117 cm³/mol. The Bertz CT molecular complexity index is 1040. The average Bonchev–Trinajstić information content (AvgIpc) is 3.24. The maximum absolute atomic E-state index is 13.2. The van der Waals surface area contributed by atoms with Crippen LogP contribution < -0.4 is 5.32 Å². The molecule has 0 saturated carbocycles. The maximum Gasteiger partial charge on any atom is 0.243 e. The van der Waals surface area contributed by atoms with Crippen molar-refractivity contribution in [3.05, 3.63) is 71.3 Å². The van der Waals surface area contributed by atoms with Gasteiger partial charge in [-0.1, -0.05) is 48.4 Å². The number of benzene rings is 2. The number of anilines is 1. The summed E-state index contributed by atoms with van der Waals surface area (Å²) < 4.78 is 28.0. The summed E-state index contributed by atoms with van der Waals surface area (Å²) in [6.45, 7) is 3.38. The Morgan fingerprint density at radius 1 is 1.00 bits per heavy atom. The number of nitrogens with one attached hydrogen (secondary N) is 1. The number of aryl methyl sites for hydroxylation is 1. The van der Waals surface area contributed by atoms with Crippen molar-refractivity contribution in [2.24, 2.45) is 5.92 Å². The standard InChI is InChI=1S/C24H28N2O2S/c1-17-8-10-18(11-9-17)24-21-7-5-6-20(21)22-16-19(12-13-23(22)25-24)29(27,28)26-14-3-2-4-15-26/h5-6,8-13,16,20-21,24-25H,2-4,7,14-15H2,1H3. The maximum atomic E-state index is 13.2. The van der Waals surface area contributed by atoms with Crippen LogP contribution in [0.4, 0.5) is 5.69 Å². The minimum absolute atomic E-state index is 0.243. The molecule has 2 aliphatic heterocycles. The fraction of sp³-hybridized carbons (Fsp3) is 0.417. The van der Waals surface area contributed by atoms with Gasteiger partial charge in [0.05, 0.1) is 10.9 Å². The molecule has 2 aromatic carbocycles. The highest BCUT2D eigenvalue weighted by Crippen LogP contribution is 2.50. The molecule has 1 aliphatic carbocycles. The summed E-state index contributed by atoms with van der Waals surface area (Å²) in [4.78, 5) is 0.438. The fourth-order valence-electron chi connectivity index (χ4n) is 5.09. The van der Waals surface area contributed by atoms with Gasteiger partial charge in [-0.2, -0.15) is 4.31 Å². The van der Waals surface area contributed by atoms with Gasteiger partial charge in [0.2, 0.25) is 10.0 Å². The lowest BCUT2D eigenvalue weighted by molar-refractivity contribution is 0.346. The summed E-state index contributed by atoms with van der Waals surface area (Å²) in [5, 5.41) is 3.71. The average molecular weight is 409 g/mol. The molecule has 0 amide bonds. The molecule has 3 atom stereocenters. The number of hydrogen-bond donors (Lipinski definition) is 1. The van der Waals surface area contributed by atoms with Crippen molar-refractivity contribution in [1.29, 1.82) is 0 Å². The Balaban J connectivity index is 1.51. The van der Waals surface area contributed by atoms with Crippen molar-refractivity contribution in [3.63, 3.8) is 0 Å². The topological polar surface area (TPSA) is 49.4 Å². The second-order valence-electron chi connectivity index (χ2n) is 8.60. The molecule has 5 rings (SSSR count). The van der Waals surface area contributed by atoms with Crippen LogP contribution in [0.3, 0.4) is 0 Å². The van der Waals surface area contributed by atoms with Gasteiger partial charge in [0.25, 0.3) is 0 Å². The molecule has 29 heavy (non-hydrogen) atoms. The van der Waals surface area contributed by atoms with Crippen LogP contribution >= 0.6 is 0 Å². The van der Waals surface area contributed by atoms with E-state index in [2.05, 4.69) is 48.7 Å². The highest BCUT2D eigenvalue weighted by molar-refractivity contribution is 7.89. The Morgan fingerprint density at radius 3 is 2.52 bits per heavy atom. The van der Waals surface area contributed by atoms with E-state index in [9.17, 15) is 8.42 Å². The fourth-order valence-corrected chi connectivity index (χ4v) is 6.64. The summed E-state index contributed by atoms with van der Waals surface area (Å²) in [5.74, 6) is 0.673. The second-order valence-corrected chi connectivity index (χ2v) is 10.5. The minimum Gasteiger partial charge on any atom is -0.378 e. The largest absolute Gasteiger partial charge is 0.378 e. The zero-order chi connectivity index (χ0) is 20.0. The predicted octanol–water partition coefficient (Wildman–Crippen LogP) is 5.00. The van der Waals surface area contributed by atoms with E-state index in [1.807, 2.05) is 12.1 Å². The van der Waals surface area contributed by atoms with Gasteiger partial charge in [0.15, 0.2) is 0 Å². The molecule has 0 spiro atoms. The van der Waals surface area contributed by atoms with Crippen LogP contribution in [-0.4, -0.2) is 25.8 Å². The minimum atomic E-state index is -3.41. The van der Waals surface area contributed by atoms with Crippen LogP contribution in [0.1, 0.15) is 54.3 Å². The van der Waals surface area contributed by atoms with Crippen molar-refractivity contribution in [2.45, 2.75) is 49.5 Å². The second kappa shape index (κ2) is 7.29. The van der Waals surface area contributed by atoms with E-state index >= 15 is 0 Å². The van der Waals surface area contributed by atoms with Gasteiger partial charge in [-0.05, 0) is 61.4 Å². The molecule has 152 valence electrons. The third-order valence-corrected chi connectivity index (χ3v) is 8.62. The van der Waals surface area contributed by atoms with Gasteiger partial charge in [0, 0.05) is 24.7 Å². The number of fused-ring (bicyclic) bond motifs is 3. The molecule has 0 aromatic heterocycles. The molecular formula is C24H28N2O2S. The van der Waals surface area contributed by atoms with Crippen LogP contribution in [0.15, 0.2) is 59.5 Å². The quantitative estimate of drug-likeness (QED) is 0.728. The van der Waals surface area contributed by atoms with Crippen LogP contribution in [0.5, 0.6) is 0 Å². The van der Waals surface area contributed by atoms with E-state index in [-0.39, 0.29) is 12.0 Å². The molecule has 5 heteroatoms. The number of sulfonamides is 1. The molecule has 0 radical (unpaired) electrons. The van der Waals surface area contributed by atoms with Gasteiger partial charge < -0.3 is 5.32 Å². The van der Waals surface area contributed by atoms with Crippen LogP contribution in [0.2, 0.25) is 0 Å². The third kappa shape index (κ3) is 3.30. The molecule has 1 fully saturated rings.